The molecule has 0 radical (unpaired) electrons. The van der Waals surface area contributed by atoms with Gasteiger partial charge in [-0.1, -0.05) is 6.92 Å². The van der Waals surface area contributed by atoms with E-state index in [1.807, 2.05) is 11.8 Å². The van der Waals surface area contributed by atoms with Crippen molar-refractivity contribution in [3.8, 4) is 0 Å². The Bertz CT molecular complexity index is 654. The first-order valence-electron chi connectivity index (χ1n) is 6.71. The van der Waals surface area contributed by atoms with Crippen molar-refractivity contribution in [2.45, 2.75) is 25.6 Å². The molecule has 1 saturated heterocycles. The highest BCUT2D eigenvalue weighted by Crippen LogP contribution is 2.31. The molecule has 5 nitrogen and oxygen atoms in total. The second-order valence-electron chi connectivity index (χ2n) is 5.39. The molecule has 3 rings (SSSR count). The molecule has 2 unspecified atom stereocenters. The molecule has 0 aromatic carbocycles. The Hall–Kier alpha value is -1.83. The standard InChI is InChI=1S/C13H15F3N4O/c1-8-2-4-19(7-10(8)21)12-9-6-11(13(14,15)16)18-20(9)5-3-17-12/h3,5-6,8,10,21H,2,4,7H2,1H3. The zero-order valence-electron chi connectivity index (χ0n) is 11.4. The van der Waals surface area contributed by atoms with Gasteiger partial charge in [0.1, 0.15) is 5.52 Å². The summed E-state index contributed by atoms with van der Waals surface area (Å²) in [4.78, 5) is 5.98. The minimum atomic E-state index is -4.49. The van der Waals surface area contributed by atoms with Gasteiger partial charge in [-0.3, -0.25) is 0 Å². The van der Waals surface area contributed by atoms with E-state index in [4.69, 9.17) is 0 Å². The van der Waals surface area contributed by atoms with Crippen LogP contribution >= 0.6 is 0 Å². The molecule has 1 aliphatic rings. The fraction of sp³-hybridized carbons (Fsp3) is 0.538. The number of aliphatic hydroxyl groups is 1. The van der Waals surface area contributed by atoms with Crippen molar-refractivity contribution < 1.29 is 18.3 Å². The first-order chi connectivity index (χ1) is 9.86. The fourth-order valence-corrected chi connectivity index (χ4v) is 2.53. The van der Waals surface area contributed by atoms with Crippen LogP contribution in [0.15, 0.2) is 18.5 Å². The molecule has 0 aliphatic carbocycles. The molecule has 3 heterocycles. The Morgan fingerprint density at radius 2 is 2.14 bits per heavy atom. The van der Waals surface area contributed by atoms with Gasteiger partial charge < -0.3 is 10.0 Å². The lowest BCUT2D eigenvalue weighted by atomic mass is 9.96. The molecule has 2 aromatic rings. The van der Waals surface area contributed by atoms with E-state index in [1.165, 1.54) is 16.9 Å². The predicted octanol–water partition coefficient (Wildman–Crippen LogP) is 1.96. The number of aromatic nitrogens is 3. The average molecular weight is 300 g/mol. The highest BCUT2D eigenvalue weighted by atomic mass is 19.4. The number of hydrogen-bond acceptors (Lipinski definition) is 4. The van der Waals surface area contributed by atoms with Gasteiger partial charge in [-0.05, 0) is 12.3 Å². The molecule has 1 fully saturated rings. The summed E-state index contributed by atoms with van der Waals surface area (Å²) in [6.07, 6.45) is -1.42. The van der Waals surface area contributed by atoms with Crippen molar-refractivity contribution in [2.75, 3.05) is 18.0 Å². The molecule has 8 heteroatoms. The SMILES string of the molecule is CC1CCN(c2nccn3nc(C(F)(F)F)cc23)CC1O. The second-order valence-corrected chi connectivity index (χ2v) is 5.39. The van der Waals surface area contributed by atoms with Crippen LogP contribution < -0.4 is 4.90 Å². The van der Waals surface area contributed by atoms with Gasteiger partial charge in [-0.25, -0.2) is 9.50 Å². The topological polar surface area (TPSA) is 53.7 Å². The first kappa shape index (κ1) is 14.1. The number of nitrogens with zero attached hydrogens (tertiary/aromatic N) is 4. The minimum Gasteiger partial charge on any atom is -0.391 e. The Balaban J connectivity index is 2.01. The molecule has 1 N–H and O–H groups in total. The number of anilines is 1. The Kier molecular flexibility index (Phi) is 3.27. The smallest absolute Gasteiger partial charge is 0.391 e. The number of fused-ring (bicyclic) bond motifs is 1. The number of hydrogen-bond donors (Lipinski definition) is 1. The number of rotatable bonds is 1. The predicted molar refractivity (Wildman–Crippen MR) is 70.0 cm³/mol. The molecule has 0 amide bonds. The zero-order chi connectivity index (χ0) is 15.2. The minimum absolute atomic E-state index is 0.177. The summed E-state index contributed by atoms with van der Waals surface area (Å²) in [7, 11) is 0. The molecule has 0 bridgehead atoms. The number of β-amino-alcohol motifs (C(OH)–C–C–N with tert-alkyl or cyclic N) is 1. The molecule has 2 aromatic heterocycles. The summed E-state index contributed by atoms with van der Waals surface area (Å²) in [6, 6.07) is 0.993. The largest absolute Gasteiger partial charge is 0.435 e. The van der Waals surface area contributed by atoms with Gasteiger partial charge >= 0.3 is 6.18 Å². The fourth-order valence-electron chi connectivity index (χ4n) is 2.53. The molecular formula is C13H15F3N4O. The highest BCUT2D eigenvalue weighted by Gasteiger charge is 2.35. The maximum absolute atomic E-state index is 12.8. The zero-order valence-corrected chi connectivity index (χ0v) is 11.4. The normalized spacial score (nSPS) is 23.8. The van der Waals surface area contributed by atoms with Crippen molar-refractivity contribution in [1.82, 2.24) is 14.6 Å². The maximum Gasteiger partial charge on any atom is 0.435 e. The summed E-state index contributed by atoms with van der Waals surface area (Å²) in [5, 5.41) is 13.5. The van der Waals surface area contributed by atoms with E-state index in [0.29, 0.717) is 24.4 Å². The van der Waals surface area contributed by atoms with E-state index in [0.717, 1.165) is 12.5 Å². The lowest BCUT2D eigenvalue weighted by molar-refractivity contribution is -0.141. The van der Waals surface area contributed by atoms with Crippen molar-refractivity contribution >= 4 is 11.3 Å². The summed E-state index contributed by atoms with van der Waals surface area (Å²) in [5.41, 5.74) is -0.644. The molecule has 0 spiro atoms. The Morgan fingerprint density at radius 1 is 1.38 bits per heavy atom. The van der Waals surface area contributed by atoms with E-state index >= 15 is 0 Å². The van der Waals surface area contributed by atoms with Gasteiger partial charge in [0.25, 0.3) is 0 Å². The summed E-state index contributed by atoms with van der Waals surface area (Å²) >= 11 is 0. The van der Waals surface area contributed by atoms with Crippen LogP contribution in [-0.2, 0) is 6.18 Å². The van der Waals surface area contributed by atoms with Crippen LogP contribution in [-0.4, -0.2) is 38.9 Å². The lowest BCUT2D eigenvalue weighted by Gasteiger charge is -2.35. The molecule has 21 heavy (non-hydrogen) atoms. The number of piperidine rings is 1. The summed E-state index contributed by atoms with van der Waals surface area (Å²) in [5.74, 6) is 0.600. The van der Waals surface area contributed by atoms with Gasteiger partial charge in [-0.2, -0.15) is 18.3 Å². The van der Waals surface area contributed by atoms with E-state index in [1.54, 1.807) is 0 Å². The van der Waals surface area contributed by atoms with Gasteiger partial charge in [-0.15, -0.1) is 0 Å². The average Bonchev–Trinajstić information content (AvgIpc) is 2.86. The van der Waals surface area contributed by atoms with Gasteiger partial charge in [0.05, 0.1) is 6.10 Å². The Labute approximate surface area is 119 Å². The molecule has 114 valence electrons. The summed E-state index contributed by atoms with van der Waals surface area (Å²) < 4.78 is 39.5. The van der Waals surface area contributed by atoms with Gasteiger partial charge in [0, 0.05) is 31.5 Å². The third-order valence-electron chi connectivity index (χ3n) is 3.88. The molecule has 1 aliphatic heterocycles. The van der Waals surface area contributed by atoms with Crippen molar-refractivity contribution in [2.24, 2.45) is 5.92 Å². The molecule has 2 atom stereocenters. The van der Waals surface area contributed by atoms with E-state index in [-0.39, 0.29) is 5.92 Å². The van der Waals surface area contributed by atoms with Crippen molar-refractivity contribution in [1.29, 1.82) is 0 Å². The Morgan fingerprint density at radius 3 is 2.81 bits per heavy atom. The highest BCUT2D eigenvalue weighted by molar-refractivity contribution is 5.69. The second kappa shape index (κ2) is 4.87. The molecule has 0 saturated carbocycles. The van der Waals surface area contributed by atoms with E-state index in [2.05, 4.69) is 10.1 Å². The van der Waals surface area contributed by atoms with Crippen LogP contribution in [0.25, 0.3) is 5.52 Å². The lowest BCUT2D eigenvalue weighted by Crippen LogP contribution is -2.43. The summed E-state index contributed by atoms with van der Waals surface area (Å²) in [6.45, 7) is 2.97. The van der Waals surface area contributed by atoms with Crippen LogP contribution in [0, 0.1) is 5.92 Å². The number of alkyl halides is 3. The number of halogens is 3. The van der Waals surface area contributed by atoms with Crippen LogP contribution in [0.4, 0.5) is 19.0 Å². The third kappa shape index (κ3) is 2.55. The van der Waals surface area contributed by atoms with E-state index in [9.17, 15) is 18.3 Å². The van der Waals surface area contributed by atoms with E-state index < -0.39 is 18.0 Å². The monoisotopic (exact) mass is 300 g/mol. The van der Waals surface area contributed by atoms with Crippen LogP contribution in [0.3, 0.4) is 0 Å². The quantitative estimate of drug-likeness (QED) is 0.874. The number of aliphatic hydroxyl groups excluding tert-OH is 1. The van der Waals surface area contributed by atoms with Crippen molar-refractivity contribution in [3.63, 3.8) is 0 Å². The van der Waals surface area contributed by atoms with Gasteiger partial charge in [0.2, 0.25) is 0 Å². The molecular weight excluding hydrogens is 285 g/mol. The van der Waals surface area contributed by atoms with Crippen LogP contribution in [0.1, 0.15) is 19.0 Å². The van der Waals surface area contributed by atoms with Gasteiger partial charge in [0.15, 0.2) is 11.5 Å². The first-order valence-corrected chi connectivity index (χ1v) is 6.71. The maximum atomic E-state index is 12.8. The van der Waals surface area contributed by atoms with Crippen LogP contribution in [0.5, 0.6) is 0 Å². The van der Waals surface area contributed by atoms with Crippen molar-refractivity contribution in [3.05, 3.63) is 24.2 Å². The third-order valence-corrected chi connectivity index (χ3v) is 3.88. The van der Waals surface area contributed by atoms with Crippen LogP contribution in [0.2, 0.25) is 0 Å².